The van der Waals surface area contributed by atoms with Crippen molar-refractivity contribution in [2.24, 2.45) is 0 Å². The molecule has 0 aliphatic rings. The Kier molecular flexibility index (Phi) is 8.79. The number of hydrogen-bond donors (Lipinski definition) is 3. The Hall–Kier alpha value is -4.64. The highest BCUT2D eigenvalue weighted by Crippen LogP contribution is 2.28. The van der Waals surface area contributed by atoms with Crippen LogP contribution in [-0.4, -0.2) is 44.5 Å². The fraction of sp³-hybridized carbons (Fsp3) is 0.200. The summed E-state index contributed by atoms with van der Waals surface area (Å²) in [6.45, 7) is 0.00471. The Morgan fingerprint density at radius 2 is 1.75 bits per heavy atom. The van der Waals surface area contributed by atoms with E-state index in [4.69, 9.17) is 9.47 Å². The van der Waals surface area contributed by atoms with E-state index in [1.54, 1.807) is 36.4 Å². The molecule has 36 heavy (non-hydrogen) atoms. The number of nitro benzene ring substituents is 1. The zero-order valence-electron chi connectivity index (χ0n) is 20.1. The summed E-state index contributed by atoms with van der Waals surface area (Å²) in [5.41, 5.74) is 8.03. The molecule has 0 saturated heterocycles. The van der Waals surface area contributed by atoms with Crippen molar-refractivity contribution in [1.82, 2.24) is 10.9 Å². The van der Waals surface area contributed by atoms with Gasteiger partial charge in [0, 0.05) is 49.7 Å². The number of amides is 2. The lowest BCUT2D eigenvalue weighted by Gasteiger charge is -2.14. The summed E-state index contributed by atoms with van der Waals surface area (Å²) in [6, 6.07) is 18.0. The predicted molar refractivity (Wildman–Crippen MR) is 135 cm³/mol. The van der Waals surface area contributed by atoms with Crippen LogP contribution in [0.4, 0.5) is 17.1 Å². The fourth-order valence-corrected chi connectivity index (χ4v) is 3.19. The Bertz CT molecular complexity index is 1230. The van der Waals surface area contributed by atoms with E-state index in [1.807, 2.05) is 31.1 Å². The van der Waals surface area contributed by atoms with Crippen LogP contribution in [0.2, 0.25) is 0 Å². The van der Waals surface area contributed by atoms with Gasteiger partial charge in [0.1, 0.15) is 0 Å². The van der Waals surface area contributed by atoms with Gasteiger partial charge in [-0.05, 0) is 48.0 Å². The first kappa shape index (κ1) is 26.0. The molecule has 3 aromatic carbocycles. The Labute approximate surface area is 208 Å². The summed E-state index contributed by atoms with van der Waals surface area (Å²) in [5, 5.41) is 13.4. The smallest absolute Gasteiger partial charge is 0.271 e. The van der Waals surface area contributed by atoms with Gasteiger partial charge >= 0.3 is 0 Å². The molecule has 0 fully saturated rings. The number of benzene rings is 3. The van der Waals surface area contributed by atoms with E-state index in [0.717, 1.165) is 11.3 Å². The van der Waals surface area contributed by atoms with Crippen LogP contribution in [-0.2, 0) is 11.3 Å². The maximum Gasteiger partial charge on any atom is 0.271 e. The first-order valence-corrected chi connectivity index (χ1v) is 10.9. The predicted octanol–water partition coefficient (Wildman–Crippen LogP) is 3.12. The average molecular weight is 494 g/mol. The molecule has 0 unspecified atom stereocenters. The fourth-order valence-electron chi connectivity index (χ4n) is 3.19. The summed E-state index contributed by atoms with van der Waals surface area (Å²) in [6.07, 6.45) is 0. The molecule has 0 heterocycles. The number of anilines is 2. The number of hydrogen-bond acceptors (Lipinski definition) is 8. The van der Waals surface area contributed by atoms with E-state index in [-0.39, 0.29) is 18.2 Å². The molecule has 0 aromatic heterocycles. The third kappa shape index (κ3) is 7.18. The molecule has 3 aromatic rings. The van der Waals surface area contributed by atoms with Crippen LogP contribution in [0.1, 0.15) is 15.9 Å². The molecule has 0 spiro atoms. The number of hydrazine groups is 1. The Balaban J connectivity index is 1.51. The number of nitrogens with one attached hydrogen (secondary N) is 3. The van der Waals surface area contributed by atoms with Crippen molar-refractivity contribution in [3.05, 3.63) is 88.0 Å². The van der Waals surface area contributed by atoms with Crippen LogP contribution in [0, 0.1) is 10.1 Å². The van der Waals surface area contributed by atoms with Crippen molar-refractivity contribution in [1.29, 1.82) is 0 Å². The normalized spacial score (nSPS) is 10.3. The second-order valence-corrected chi connectivity index (χ2v) is 7.88. The lowest BCUT2D eigenvalue weighted by atomic mass is 10.2. The number of carbonyl (C=O) groups excluding carboxylic acids is 2. The zero-order valence-corrected chi connectivity index (χ0v) is 20.1. The van der Waals surface area contributed by atoms with Crippen LogP contribution in [0.15, 0.2) is 66.7 Å². The first-order valence-electron chi connectivity index (χ1n) is 10.9. The Morgan fingerprint density at radius 1 is 1.00 bits per heavy atom. The van der Waals surface area contributed by atoms with Crippen molar-refractivity contribution in [3.63, 3.8) is 0 Å². The van der Waals surface area contributed by atoms with Crippen molar-refractivity contribution in [3.8, 4) is 11.5 Å². The van der Waals surface area contributed by atoms with Gasteiger partial charge in [0.15, 0.2) is 18.1 Å². The van der Waals surface area contributed by atoms with Gasteiger partial charge in [0.25, 0.3) is 17.5 Å². The Morgan fingerprint density at radius 3 is 2.42 bits per heavy atom. The van der Waals surface area contributed by atoms with Gasteiger partial charge in [0.05, 0.1) is 12.0 Å². The molecule has 0 radical (unpaired) electrons. The molecule has 0 bridgehead atoms. The van der Waals surface area contributed by atoms with E-state index in [2.05, 4.69) is 16.2 Å². The molecule has 11 nitrogen and oxygen atoms in total. The molecule has 0 aliphatic carbocycles. The number of ether oxygens (including phenoxy) is 2. The number of non-ortho nitro benzene ring substituents is 1. The lowest BCUT2D eigenvalue weighted by molar-refractivity contribution is -0.384. The summed E-state index contributed by atoms with van der Waals surface area (Å²) < 4.78 is 10.9. The second-order valence-electron chi connectivity index (χ2n) is 7.88. The standard InChI is InChI=1S/C25H27N5O6/c1-29(2)20-10-8-18(9-11-20)25(32)28-26-15-17-7-12-22(23(13-17)35-3)36-16-24(31)27-19-5-4-6-21(14-19)30(33)34/h4-14,26H,15-16H2,1-3H3,(H,27,31)(H,28,32). The summed E-state index contributed by atoms with van der Waals surface area (Å²) in [5.74, 6) is 0.00937. The van der Waals surface area contributed by atoms with E-state index >= 15 is 0 Å². The van der Waals surface area contributed by atoms with Crippen molar-refractivity contribution < 1.29 is 24.0 Å². The first-order chi connectivity index (χ1) is 17.3. The molecule has 11 heteroatoms. The van der Waals surface area contributed by atoms with Crippen LogP contribution in [0.3, 0.4) is 0 Å². The molecule has 3 rings (SSSR count). The minimum atomic E-state index is -0.540. The minimum Gasteiger partial charge on any atom is -0.493 e. The van der Waals surface area contributed by atoms with Gasteiger partial charge in [-0.15, -0.1) is 0 Å². The summed E-state index contributed by atoms with van der Waals surface area (Å²) >= 11 is 0. The minimum absolute atomic E-state index is 0.127. The molecular formula is C25H27N5O6. The molecule has 0 aliphatic heterocycles. The van der Waals surface area contributed by atoms with E-state index in [0.29, 0.717) is 29.3 Å². The van der Waals surface area contributed by atoms with Crippen LogP contribution >= 0.6 is 0 Å². The third-order valence-electron chi connectivity index (χ3n) is 5.07. The van der Waals surface area contributed by atoms with Crippen molar-refractivity contribution in [2.45, 2.75) is 6.54 Å². The van der Waals surface area contributed by atoms with Gasteiger partial charge in [-0.1, -0.05) is 12.1 Å². The topological polar surface area (TPSA) is 135 Å². The molecule has 0 atom stereocenters. The van der Waals surface area contributed by atoms with E-state index < -0.39 is 10.8 Å². The highest BCUT2D eigenvalue weighted by molar-refractivity contribution is 5.94. The van der Waals surface area contributed by atoms with E-state index in [9.17, 15) is 19.7 Å². The molecule has 3 N–H and O–H groups in total. The van der Waals surface area contributed by atoms with Crippen LogP contribution in [0.25, 0.3) is 0 Å². The second kappa shape index (κ2) is 12.2. The summed E-state index contributed by atoms with van der Waals surface area (Å²) in [4.78, 5) is 36.8. The number of carbonyl (C=O) groups is 2. The monoisotopic (exact) mass is 493 g/mol. The van der Waals surface area contributed by atoms with Gasteiger partial charge in [-0.2, -0.15) is 0 Å². The van der Waals surface area contributed by atoms with Gasteiger partial charge in [0.2, 0.25) is 0 Å². The number of nitrogens with zero attached hydrogens (tertiary/aromatic N) is 2. The quantitative estimate of drug-likeness (QED) is 0.274. The zero-order chi connectivity index (χ0) is 26.1. The molecule has 188 valence electrons. The van der Waals surface area contributed by atoms with Crippen LogP contribution in [0.5, 0.6) is 11.5 Å². The summed E-state index contributed by atoms with van der Waals surface area (Å²) in [7, 11) is 5.33. The maximum absolute atomic E-state index is 12.3. The van der Waals surface area contributed by atoms with Gasteiger partial charge in [-0.25, -0.2) is 5.43 Å². The maximum atomic E-state index is 12.3. The highest BCUT2D eigenvalue weighted by atomic mass is 16.6. The van der Waals surface area contributed by atoms with Crippen molar-refractivity contribution >= 4 is 28.9 Å². The molecular weight excluding hydrogens is 466 g/mol. The third-order valence-corrected chi connectivity index (χ3v) is 5.07. The lowest BCUT2D eigenvalue weighted by Crippen LogP contribution is -2.36. The number of methoxy groups -OCH3 is 1. The van der Waals surface area contributed by atoms with E-state index in [1.165, 1.54) is 25.3 Å². The average Bonchev–Trinajstić information content (AvgIpc) is 2.87. The van der Waals surface area contributed by atoms with Crippen molar-refractivity contribution in [2.75, 3.05) is 38.0 Å². The largest absolute Gasteiger partial charge is 0.493 e. The van der Waals surface area contributed by atoms with Gasteiger partial charge in [-0.3, -0.25) is 25.1 Å². The SMILES string of the molecule is COc1cc(CNNC(=O)c2ccc(N(C)C)cc2)ccc1OCC(=O)Nc1cccc([N+](=O)[O-])c1. The molecule has 2 amide bonds. The highest BCUT2D eigenvalue weighted by Gasteiger charge is 2.12. The number of nitro groups is 1. The van der Waals surface area contributed by atoms with Gasteiger partial charge < -0.3 is 19.7 Å². The number of rotatable bonds is 11. The molecule has 0 saturated carbocycles. The van der Waals surface area contributed by atoms with Crippen LogP contribution < -0.4 is 30.5 Å².